The lowest BCUT2D eigenvalue weighted by atomic mass is 9.86. The van der Waals surface area contributed by atoms with E-state index in [-0.39, 0.29) is 5.82 Å². The van der Waals surface area contributed by atoms with Crippen LogP contribution in [-0.2, 0) is 5.54 Å². The molecule has 1 unspecified atom stereocenters. The Bertz CT molecular complexity index is 803. The normalized spacial score (nSPS) is 20.2. The fourth-order valence-electron chi connectivity index (χ4n) is 2.61. The van der Waals surface area contributed by atoms with Crippen molar-refractivity contribution in [2.45, 2.75) is 12.0 Å². The first-order valence-corrected chi connectivity index (χ1v) is 7.11. The number of nitrogens with zero attached hydrogens (tertiary/aromatic N) is 2. The van der Waals surface area contributed by atoms with Crippen molar-refractivity contribution in [3.05, 3.63) is 66.0 Å². The number of ether oxygens (including phenoxy) is 1. The van der Waals surface area contributed by atoms with Crippen LogP contribution in [0.15, 0.2) is 54.5 Å². The van der Waals surface area contributed by atoms with Crippen molar-refractivity contribution in [3.63, 3.8) is 0 Å². The van der Waals surface area contributed by atoms with Gasteiger partial charge in [0, 0.05) is 23.7 Å². The van der Waals surface area contributed by atoms with E-state index in [9.17, 15) is 4.39 Å². The summed E-state index contributed by atoms with van der Waals surface area (Å²) in [4.78, 5) is 8.54. The first-order valence-electron chi connectivity index (χ1n) is 7.11. The molecule has 118 valence electrons. The molecule has 0 aliphatic heterocycles. The Hall–Kier alpha value is -2.73. The number of methoxy groups -OCH3 is 1. The monoisotopic (exact) mass is 312 g/mol. The van der Waals surface area contributed by atoms with E-state index in [1.165, 1.54) is 25.6 Å². The second kappa shape index (κ2) is 5.81. The van der Waals surface area contributed by atoms with Gasteiger partial charge in [0.2, 0.25) is 0 Å². The summed E-state index contributed by atoms with van der Waals surface area (Å²) in [5, 5.41) is 0. The number of hydrogen-bond acceptors (Lipinski definition) is 5. The van der Waals surface area contributed by atoms with Gasteiger partial charge in [-0.3, -0.25) is 0 Å². The molecule has 1 atom stereocenters. The van der Waals surface area contributed by atoms with Crippen molar-refractivity contribution >= 4 is 0 Å². The predicted octanol–water partition coefficient (Wildman–Crippen LogP) is 2.25. The second-order valence-corrected chi connectivity index (χ2v) is 5.45. The Balaban J connectivity index is 2.04. The molecular formula is C17H17FN4O. The van der Waals surface area contributed by atoms with Gasteiger partial charge in [-0.15, -0.1) is 0 Å². The first kappa shape index (κ1) is 15.2. The molecule has 3 rings (SSSR count). The molecule has 4 N–H and O–H groups in total. The van der Waals surface area contributed by atoms with Crippen molar-refractivity contribution in [3.8, 4) is 17.0 Å². The molecule has 1 aromatic carbocycles. The van der Waals surface area contributed by atoms with E-state index in [1.54, 1.807) is 12.1 Å². The Kier molecular flexibility index (Phi) is 3.83. The van der Waals surface area contributed by atoms with Gasteiger partial charge in [-0.05, 0) is 24.3 Å². The van der Waals surface area contributed by atoms with Crippen LogP contribution in [0.25, 0.3) is 11.3 Å². The Labute approximate surface area is 133 Å². The second-order valence-electron chi connectivity index (χ2n) is 5.45. The van der Waals surface area contributed by atoms with Gasteiger partial charge in [-0.1, -0.05) is 12.2 Å². The predicted molar refractivity (Wildman–Crippen MR) is 85.9 cm³/mol. The summed E-state index contributed by atoms with van der Waals surface area (Å²) in [6.45, 7) is 0. The minimum atomic E-state index is -0.788. The molecular weight excluding hydrogens is 295 g/mol. The summed E-state index contributed by atoms with van der Waals surface area (Å²) in [6, 6.07) is 6.07. The number of benzene rings is 1. The molecule has 0 saturated carbocycles. The molecule has 23 heavy (non-hydrogen) atoms. The van der Waals surface area contributed by atoms with Crippen molar-refractivity contribution in [1.82, 2.24) is 9.97 Å². The molecule has 0 radical (unpaired) electrons. The molecule has 0 bridgehead atoms. The van der Waals surface area contributed by atoms with E-state index >= 15 is 0 Å². The minimum Gasteiger partial charge on any atom is -0.496 e. The SMILES string of the molecule is COc1cc(F)ccc1-c1cc(C2(N)C=CC=C(N)C2)ncn1. The van der Waals surface area contributed by atoms with Crippen molar-refractivity contribution in [1.29, 1.82) is 0 Å². The standard InChI is InChI=1S/C17H17FN4O/c1-23-15-7-11(18)4-5-13(15)14-8-16(22-10-21-14)17(20)6-2-3-12(19)9-17/h2-8,10H,9,19-20H2,1H3. The summed E-state index contributed by atoms with van der Waals surface area (Å²) in [6.07, 6.45) is 7.40. The van der Waals surface area contributed by atoms with Gasteiger partial charge < -0.3 is 16.2 Å². The van der Waals surface area contributed by atoms with Gasteiger partial charge in [0.15, 0.2) is 0 Å². The number of allylic oxidation sites excluding steroid dienone is 2. The molecule has 1 aliphatic rings. The third-order valence-electron chi connectivity index (χ3n) is 3.78. The average Bonchev–Trinajstić information content (AvgIpc) is 2.54. The summed E-state index contributed by atoms with van der Waals surface area (Å²) in [7, 11) is 1.49. The first-order chi connectivity index (χ1) is 11.0. The molecule has 1 aliphatic carbocycles. The number of hydrogen-bond donors (Lipinski definition) is 2. The van der Waals surface area contributed by atoms with E-state index < -0.39 is 5.54 Å². The van der Waals surface area contributed by atoms with Gasteiger partial charge in [-0.25, -0.2) is 14.4 Å². The molecule has 2 aromatic rings. The largest absolute Gasteiger partial charge is 0.496 e. The Morgan fingerprint density at radius 2 is 2.09 bits per heavy atom. The maximum atomic E-state index is 13.4. The highest BCUT2D eigenvalue weighted by Gasteiger charge is 2.29. The zero-order valence-electron chi connectivity index (χ0n) is 12.7. The third kappa shape index (κ3) is 2.93. The summed E-state index contributed by atoms with van der Waals surface area (Å²) in [5.41, 5.74) is 14.1. The highest BCUT2D eigenvalue weighted by Crippen LogP contribution is 2.33. The maximum Gasteiger partial charge on any atom is 0.131 e. The Morgan fingerprint density at radius 1 is 1.26 bits per heavy atom. The molecule has 0 fully saturated rings. The van der Waals surface area contributed by atoms with E-state index in [0.29, 0.717) is 34.8 Å². The number of aromatic nitrogens is 2. The van der Waals surface area contributed by atoms with Crippen molar-refractivity contribution < 1.29 is 9.13 Å². The topological polar surface area (TPSA) is 87.0 Å². The van der Waals surface area contributed by atoms with Gasteiger partial charge in [0.1, 0.15) is 17.9 Å². The van der Waals surface area contributed by atoms with Crippen LogP contribution in [0.4, 0.5) is 4.39 Å². The van der Waals surface area contributed by atoms with Gasteiger partial charge in [0.25, 0.3) is 0 Å². The molecule has 5 nitrogen and oxygen atoms in total. The highest BCUT2D eigenvalue weighted by atomic mass is 19.1. The van der Waals surface area contributed by atoms with E-state index in [4.69, 9.17) is 16.2 Å². The van der Waals surface area contributed by atoms with Crippen molar-refractivity contribution in [2.75, 3.05) is 7.11 Å². The lowest BCUT2D eigenvalue weighted by Crippen LogP contribution is -2.38. The van der Waals surface area contributed by atoms with Crippen LogP contribution in [0.5, 0.6) is 5.75 Å². The maximum absolute atomic E-state index is 13.4. The van der Waals surface area contributed by atoms with E-state index in [1.807, 2.05) is 18.2 Å². The molecule has 1 heterocycles. The van der Waals surface area contributed by atoms with Crippen LogP contribution in [0.2, 0.25) is 0 Å². The number of rotatable bonds is 3. The molecule has 0 amide bonds. The van der Waals surface area contributed by atoms with Gasteiger partial charge >= 0.3 is 0 Å². The van der Waals surface area contributed by atoms with Crippen LogP contribution < -0.4 is 16.2 Å². The lowest BCUT2D eigenvalue weighted by Gasteiger charge is -2.28. The van der Waals surface area contributed by atoms with E-state index in [2.05, 4.69) is 9.97 Å². The zero-order valence-corrected chi connectivity index (χ0v) is 12.7. The van der Waals surface area contributed by atoms with E-state index in [0.717, 1.165) is 0 Å². The third-order valence-corrected chi connectivity index (χ3v) is 3.78. The van der Waals surface area contributed by atoms with Crippen LogP contribution in [0.3, 0.4) is 0 Å². The molecule has 0 saturated heterocycles. The quantitative estimate of drug-likeness (QED) is 0.907. The fraction of sp³-hybridized carbons (Fsp3) is 0.176. The summed E-state index contributed by atoms with van der Waals surface area (Å²) >= 11 is 0. The van der Waals surface area contributed by atoms with Crippen LogP contribution in [0.1, 0.15) is 12.1 Å². The zero-order chi connectivity index (χ0) is 16.4. The Morgan fingerprint density at radius 3 is 2.83 bits per heavy atom. The van der Waals surface area contributed by atoms with Gasteiger partial charge in [0.05, 0.1) is 24.0 Å². The fourth-order valence-corrected chi connectivity index (χ4v) is 2.61. The lowest BCUT2D eigenvalue weighted by molar-refractivity contribution is 0.413. The van der Waals surface area contributed by atoms with Crippen LogP contribution in [0, 0.1) is 5.82 Å². The molecule has 6 heteroatoms. The van der Waals surface area contributed by atoms with Crippen LogP contribution in [-0.4, -0.2) is 17.1 Å². The average molecular weight is 312 g/mol. The smallest absolute Gasteiger partial charge is 0.131 e. The molecule has 0 spiro atoms. The van der Waals surface area contributed by atoms with Crippen LogP contribution >= 0.6 is 0 Å². The number of halogens is 1. The molecule has 1 aromatic heterocycles. The summed E-state index contributed by atoms with van der Waals surface area (Å²) in [5.74, 6) is 0.0302. The minimum absolute atomic E-state index is 0.372. The highest BCUT2D eigenvalue weighted by molar-refractivity contribution is 5.67. The number of nitrogens with two attached hydrogens (primary N) is 2. The van der Waals surface area contributed by atoms with Gasteiger partial charge in [-0.2, -0.15) is 0 Å². The summed E-state index contributed by atoms with van der Waals surface area (Å²) < 4.78 is 18.6. The van der Waals surface area contributed by atoms with Crippen molar-refractivity contribution in [2.24, 2.45) is 11.5 Å².